The predicted molar refractivity (Wildman–Crippen MR) is 81.6 cm³/mol. The van der Waals surface area contributed by atoms with Crippen LogP contribution in [0.3, 0.4) is 0 Å². The van der Waals surface area contributed by atoms with Gasteiger partial charge in [0.2, 0.25) is 0 Å². The minimum atomic E-state index is 0.313. The monoisotopic (exact) mass is 272 g/mol. The van der Waals surface area contributed by atoms with Crippen LogP contribution in [0.2, 0.25) is 0 Å². The van der Waals surface area contributed by atoms with E-state index in [1.807, 2.05) is 6.08 Å². The molecule has 1 fully saturated rings. The topological polar surface area (TPSA) is 47.3 Å². The van der Waals surface area contributed by atoms with E-state index in [-0.39, 0.29) is 0 Å². The molecule has 3 nitrogen and oxygen atoms in total. The summed E-state index contributed by atoms with van der Waals surface area (Å²) < 4.78 is 5.83. The highest BCUT2D eigenvalue weighted by Gasteiger charge is 2.16. The molecule has 0 amide bonds. The zero-order chi connectivity index (χ0) is 13.8. The third kappa shape index (κ3) is 3.27. The Kier molecular flexibility index (Phi) is 4.14. The van der Waals surface area contributed by atoms with Gasteiger partial charge in [0.15, 0.2) is 0 Å². The minimum Gasteiger partial charge on any atom is -0.491 e. The highest BCUT2D eigenvalue weighted by Crippen LogP contribution is 2.33. The van der Waals surface area contributed by atoms with Crippen LogP contribution >= 0.6 is 0 Å². The molecular formula is C17H24N2O. The molecule has 0 spiro atoms. The molecule has 1 aliphatic heterocycles. The number of nitrogens with two attached hydrogens (primary N) is 1. The van der Waals surface area contributed by atoms with Crippen molar-refractivity contribution in [2.24, 2.45) is 5.73 Å². The summed E-state index contributed by atoms with van der Waals surface area (Å²) in [5.41, 5.74) is 7.16. The van der Waals surface area contributed by atoms with Crippen LogP contribution < -0.4 is 15.8 Å². The first-order valence-corrected chi connectivity index (χ1v) is 7.76. The van der Waals surface area contributed by atoms with E-state index >= 15 is 0 Å². The Morgan fingerprint density at radius 2 is 1.85 bits per heavy atom. The van der Waals surface area contributed by atoms with Crippen LogP contribution in [0.4, 0.5) is 0 Å². The van der Waals surface area contributed by atoms with E-state index in [9.17, 15) is 0 Å². The van der Waals surface area contributed by atoms with Crippen molar-refractivity contribution in [1.82, 2.24) is 5.32 Å². The average molecular weight is 272 g/mol. The molecule has 3 heteroatoms. The van der Waals surface area contributed by atoms with Gasteiger partial charge < -0.3 is 15.8 Å². The molecule has 1 saturated carbocycles. The molecular weight excluding hydrogens is 248 g/mol. The third-order valence-corrected chi connectivity index (χ3v) is 4.40. The molecule has 3 N–H and O–H groups in total. The van der Waals surface area contributed by atoms with Gasteiger partial charge in [-0.1, -0.05) is 31.4 Å². The zero-order valence-corrected chi connectivity index (χ0v) is 12.0. The van der Waals surface area contributed by atoms with Crippen LogP contribution in [0.1, 0.15) is 50.0 Å². The van der Waals surface area contributed by atoms with E-state index < -0.39 is 0 Å². The highest BCUT2D eigenvalue weighted by molar-refractivity contribution is 5.29. The Morgan fingerprint density at radius 3 is 2.50 bits per heavy atom. The maximum atomic E-state index is 5.83. The van der Waals surface area contributed by atoms with E-state index in [1.165, 1.54) is 37.7 Å². The van der Waals surface area contributed by atoms with Crippen molar-refractivity contribution in [2.75, 3.05) is 6.61 Å². The molecule has 2 aliphatic rings. The Labute approximate surface area is 121 Å². The van der Waals surface area contributed by atoms with Crippen molar-refractivity contribution in [2.45, 2.75) is 50.5 Å². The summed E-state index contributed by atoms with van der Waals surface area (Å²) in [5, 5.41) is 3.20. The number of hydrogen-bond donors (Lipinski definition) is 2. The number of hydrogen-bond acceptors (Lipinski definition) is 3. The summed E-state index contributed by atoms with van der Waals surface area (Å²) in [6.45, 7) is 0.667. The summed E-state index contributed by atoms with van der Waals surface area (Å²) in [5.74, 6) is 2.49. The van der Waals surface area contributed by atoms with Crippen LogP contribution in [-0.4, -0.2) is 12.6 Å². The standard InChI is InChI=1S/C17H24N2O/c18-17-11-8-15(19-17)12-20-16-9-6-14(7-10-16)13-4-2-1-3-5-13/h6-7,9-11,13,15,19H,1-5,8,12,18H2/t15-/m1/s1. The highest BCUT2D eigenvalue weighted by atomic mass is 16.5. The Hall–Kier alpha value is -1.64. The molecule has 1 aromatic rings. The molecule has 0 radical (unpaired) electrons. The average Bonchev–Trinajstić information content (AvgIpc) is 2.92. The fourth-order valence-electron chi connectivity index (χ4n) is 3.20. The first kappa shape index (κ1) is 13.3. The maximum absolute atomic E-state index is 5.83. The van der Waals surface area contributed by atoms with Gasteiger partial charge in [-0.25, -0.2) is 0 Å². The second kappa shape index (κ2) is 6.21. The number of benzene rings is 1. The Balaban J connectivity index is 1.51. The van der Waals surface area contributed by atoms with Gasteiger partial charge >= 0.3 is 0 Å². The van der Waals surface area contributed by atoms with Crippen LogP contribution in [0.5, 0.6) is 5.75 Å². The van der Waals surface area contributed by atoms with Crippen molar-refractivity contribution in [3.8, 4) is 5.75 Å². The molecule has 20 heavy (non-hydrogen) atoms. The molecule has 0 unspecified atom stereocenters. The Bertz CT molecular complexity index is 460. The second-order valence-electron chi connectivity index (χ2n) is 5.95. The largest absolute Gasteiger partial charge is 0.491 e. The van der Waals surface area contributed by atoms with Crippen molar-refractivity contribution >= 4 is 0 Å². The molecule has 0 saturated heterocycles. The SMILES string of the molecule is NC1=CC[C@H](COc2ccc(C3CCCCC3)cc2)N1. The third-order valence-electron chi connectivity index (χ3n) is 4.40. The first-order chi connectivity index (χ1) is 9.81. The smallest absolute Gasteiger partial charge is 0.119 e. The summed E-state index contributed by atoms with van der Waals surface area (Å²) in [4.78, 5) is 0. The lowest BCUT2D eigenvalue weighted by Crippen LogP contribution is -2.31. The fraction of sp³-hybridized carbons (Fsp3) is 0.529. The molecule has 0 bridgehead atoms. The van der Waals surface area contributed by atoms with Gasteiger partial charge in [0.05, 0.1) is 11.9 Å². The zero-order valence-electron chi connectivity index (χ0n) is 12.0. The molecule has 0 aromatic heterocycles. The number of ether oxygens (including phenoxy) is 1. The van der Waals surface area contributed by atoms with Crippen molar-refractivity contribution in [3.63, 3.8) is 0 Å². The van der Waals surface area contributed by atoms with Crippen LogP contribution in [-0.2, 0) is 0 Å². The van der Waals surface area contributed by atoms with Gasteiger partial charge in [-0.2, -0.15) is 0 Å². The second-order valence-corrected chi connectivity index (χ2v) is 5.95. The molecule has 1 aromatic carbocycles. The van der Waals surface area contributed by atoms with Gasteiger partial charge in [-0.15, -0.1) is 0 Å². The normalized spacial score (nSPS) is 23.2. The molecule has 3 rings (SSSR count). The summed E-state index contributed by atoms with van der Waals surface area (Å²) in [7, 11) is 0. The van der Waals surface area contributed by atoms with Gasteiger partial charge in [0, 0.05) is 0 Å². The maximum Gasteiger partial charge on any atom is 0.119 e. The quantitative estimate of drug-likeness (QED) is 0.884. The minimum absolute atomic E-state index is 0.313. The van der Waals surface area contributed by atoms with Gasteiger partial charge in [0.25, 0.3) is 0 Å². The van der Waals surface area contributed by atoms with Crippen LogP contribution in [0.25, 0.3) is 0 Å². The van der Waals surface area contributed by atoms with E-state index in [0.717, 1.165) is 23.9 Å². The van der Waals surface area contributed by atoms with E-state index in [1.54, 1.807) is 0 Å². The van der Waals surface area contributed by atoms with Gasteiger partial charge in [0.1, 0.15) is 12.4 Å². The van der Waals surface area contributed by atoms with E-state index in [0.29, 0.717) is 12.6 Å². The predicted octanol–water partition coefficient (Wildman–Crippen LogP) is 3.28. The summed E-state index contributed by atoms with van der Waals surface area (Å²) in [6.07, 6.45) is 9.82. The van der Waals surface area contributed by atoms with Gasteiger partial charge in [-0.3, -0.25) is 0 Å². The van der Waals surface area contributed by atoms with Crippen molar-refractivity contribution in [3.05, 3.63) is 41.7 Å². The molecule has 1 atom stereocenters. The van der Waals surface area contributed by atoms with Crippen LogP contribution in [0.15, 0.2) is 36.2 Å². The molecule has 1 heterocycles. The molecule has 108 valence electrons. The summed E-state index contributed by atoms with van der Waals surface area (Å²) >= 11 is 0. The number of nitrogens with one attached hydrogen (secondary N) is 1. The van der Waals surface area contributed by atoms with E-state index in [2.05, 4.69) is 29.6 Å². The fourth-order valence-corrected chi connectivity index (χ4v) is 3.20. The number of rotatable bonds is 4. The Morgan fingerprint density at radius 1 is 1.10 bits per heavy atom. The lowest BCUT2D eigenvalue weighted by atomic mass is 9.84. The van der Waals surface area contributed by atoms with Gasteiger partial charge in [-0.05, 0) is 49.0 Å². The van der Waals surface area contributed by atoms with Crippen molar-refractivity contribution in [1.29, 1.82) is 0 Å². The summed E-state index contributed by atoms with van der Waals surface area (Å²) in [6, 6.07) is 9.00. The lowest BCUT2D eigenvalue weighted by molar-refractivity contribution is 0.278. The first-order valence-electron chi connectivity index (χ1n) is 7.76. The van der Waals surface area contributed by atoms with Crippen LogP contribution in [0, 0.1) is 0 Å². The lowest BCUT2D eigenvalue weighted by Gasteiger charge is -2.22. The molecule has 1 aliphatic carbocycles. The van der Waals surface area contributed by atoms with Crippen molar-refractivity contribution < 1.29 is 4.74 Å². The van der Waals surface area contributed by atoms with E-state index in [4.69, 9.17) is 10.5 Å².